The van der Waals surface area contributed by atoms with Crippen molar-refractivity contribution in [2.24, 2.45) is 5.73 Å². The van der Waals surface area contributed by atoms with E-state index in [2.05, 4.69) is 6.92 Å². The van der Waals surface area contributed by atoms with Crippen LogP contribution >= 0.6 is 11.8 Å². The molecule has 0 aliphatic carbocycles. The maximum Gasteiger partial charge on any atom is 0.321 e. The summed E-state index contributed by atoms with van der Waals surface area (Å²) in [6, 6.07) is -0.996. The average Bonchev–Trinajstić information content (AvgIpc) is 2.73. The molecule has 0 spiro atoms. The van der Waals surface area contributed by atoms with E-state index in [1.165, 1.54) is 82.4 Å². The van der Waals surface area contributed by atoms with Crippen LogP contribution in [0.5, 0.6) is 0 Å². The number of carboxylic acid groups (broad SMARTS) is 2. The number of thioether (sulfide) groups is 1. The Bertz CT molecular complexity index is 487. The quantitative estimate of drug-likeness (QED) is 0.127. The Balaban J connectivity index is 3.98. The molecule has 0 bridgehead atoms. The third kappa shape index (κ3) is 19.4. The maximum atomic E-state index is 10.9. The third-order valence-electron chi connectivity index (χ3n) is 5.37. The smallest absolute Gasteiger partial charge is 0.321 e. The number of allylic oxidation sites excluding steroid dienone is 1. The molecule has 0 radical (unpaired) electrons. The van der Waals surface area contributed by atoms with Crippen molar-refractivity contribution in [1.29, 1.82) is 0 Å². The van der Waals surface area contributed by atoms with Crippen LogP contribution in [-0.2, 0) is 9.59 Å². The van der Waals surface area contributed by atoms with Gasteiger partial charge in [-0.05, 0) is 19.3 Å². The van der Waals surface area contributed by atoms with Gasteiger partial charge in [0.2, 0.25) is 0 Å². The number of hydrogen-bond acceptors (Lipinski definition) is 5. The summed E-state index contributed by atoms with van der Waals surface area (Å²) >= 11 is 1.27. The first-order valence-electron chi connectivity index (χ1n) is 12.0. The lowest BCUT2D eigenvalue weighted by Gasteiger charge is -2.20. The van der Waals surface area contributed by atoms with E-state index in [4.69, 9.17) is 15.9 Å². The lowest BCUT2D eigenvalue weighted by atomic mass is 10.0. The fourth-order valence-electron chi connectivity index (χ4n) is 3.35. The summed E-state index contributed by atoms with van der Waals surface area (Å²) in [5, 5.41) is 27.7. The molecule has 6 nitrogen and oxygen atoms in total. The normalized spacial score (nSPS) is 14.5. The zero-order chi connectivity index (χ0) is 23.3. The number of aliphatic hydroxyl groups is 1. The van der Waals surface area contributed by atoms with Gasteiger partial charge in [0.05, 0.1) is 6.10 Å². The highest BCUT2D eigenvalue weighted by Gasteiger charge is 2.21. The van der Waals surface area contributed by atoms with Gasteiger partial charge in [0.15, 0.2) is 0 Å². The summed E-state index contributed by atoms with van der Waals surface area (Å²) in [4.78, 5) is 21.6. The second-order valence-electron chi connectivity index (χ2n) is 8.35. The van der Waals surface area contributed by atoms with Crippen LogP contribution < -0.4 is 5.73 Å². The van der Waals surface area contributed by atoms with Crippen molar-refractivity contribution in [3.63, 3.8) is 0 Å². The maximum absolute atomic E-state index is 10.9. The van der Waals surface area contributed by atoms with Crippen LogP contribution in [-0.4, -0.2) is 50.4 Å². The van der Waals surface area contributed by atoms with Gasteiger partial charge in [0.1, 0.15) is 6.04 Å². The molecular formula is C24H45NO5S. The van der Waals surface area contributed by atoms with Crippen molar-refractivity contribution >= 4 is 23.7 Å². The second kappa shape index (κ2) is 20.8. The molecule has 0 aromatic carbocycles. The monoisotopic (exact) mass is 459 g/mol. The highest BCUT2D eigenvalue weighted by Crippen LogP contribution is 2.21. The molecule has 0 aliphatic heterocycles. The summed E-state index contributed by atoms with van der Waals surface area (Å²) in [6.45, 7) is 2.25. The number of aliphatic carboxylic acids is 2. The lowest BCUT2D eigenvalue weighted by molar-refractivity contribution is -0.138. The number of carbonyl (C=O) groups is 2. The molecule has 0 aliphatic rings. The van der Waals surface area contributed by atoms with Gasteiger partial charge < -0.3 is 21.1 Å². The molecule has 0 fully saturated rings. The van der Waals surface area contributed by atoms with E-state index >= 15 is 0 Å². The summed E-state index contributed by atoms with van der Waals surface area (Å²) in [5.41, 5.74) is 5.55. The molecule has 0 aromatic heterocycles. The minimum absolute atomic E-state index is 0.115. The summed E-state index contributed by atoms with van der Waals surface area (Å²) in [7, 11) is 0. The van der Waals surface area contributed by atoms with Gasteiger partial charge in [-0.15, -0.1) is 11.8 Å². The molecular weight excluding hydrogens is 414 g/mol. The predicted molar refractivity (Wildman–Crippen MR) is 130 cm³/mol. The van der Waals surface area contributed by atoms with Crippen molar-refractivity contribution in [1.82, 2.24) is 0 Å². The largest absolute Gasteiger partial charge is 0.481 e. The Morgan fingerprint density at radius 3 is 1.90 bits per heavy atom. The molecule has 3 atom stereocenters. The zero-order valence-electron chi connectivity index (χ0n) is 19.3. The van der Waals surface area contributed by atoms with Crippen LogP contribution in [0, 0.1) is 0 Å². The van der Waals surface area contributed by atoms with Crippen LogP contribution in [0.3, 0.4) is 0 Å². The first-order valence-corrected chi connectivity index (χ1v) is 13.1. The van der Waals surface area contributed by atoms with Gasteiger partial charge in [0.25, 0.3) is 0 Å². The van der Waals surface area contributed by atoms with Crippen molar-refractivity contribution < 1.29 is 24.9 Å². The molecule has 0 amide bonds. The number of hydrogen-bond donors (Lipinski definition) is 4. The van der Waals surface area contributed by atoms with E-state index < -0.39 is 24.1 Å². The number of nitrogens with two attached hydrogens (primary N) is 1. The summed E-state index contributed by atoms with van der Waals surface area (Å²) in [6.07, 6.45) is 19.6. The molecule has 31 heavy (non-hydrogen) atoms. The van der Waals surface area contributed by atoms with Crippen molar-refractivity contribution in [2.75, 3.05) is 5.75 Å². The van der Waals surface area contributed by atoms with E-state index in [-0.39, 0.29) is 23.8 Å². The van der Waals surface area contributed by atoms with Crippen LogP contribution in [0.25, 0.3) is 0 Å². The third-order valence-corrected chi connectivity index (χ3v) is 6.78. The fourth-order valence-corrected chi connectivity index (χ4v) is 4.50. The molecule has 0 heterocycles. The molecule has 3 unspecified atom stereocenters. The molecule has 5 N–H and O–H groups in total. The molecule has 0 rings (SSSR count). The van der Waals surface area contributed by atoms with Crippen LogP contribution in [0.15, 0.2) is 12.2 Å². The second-order valence-corrected chi connectivity index (χ2v) is 9.56. The van der Waals surface area contributed by atoms with Crippen LogP contribution in [0.1, 0.15) is 103 Å². The van der Waals surface area contributed by atoms with Gasteiger partial charge in [-0.2, -0.15) is 0 Å². The van der Waals surface area contributed by atoms with Crippen molar-refractivity contribution in [3.05, 3.63) is 12.2 Å². The molecule has 7 heteroatoms. The van der Waals surface area contributed by atoms with Gasteiger partial charge in [-0.3, -0.25) is 9.59 Å². The summed E-state index contributed by atoms with van der Waals surface area (Å²) in [5.74, 6) is -1.86. The number of carboxylic acids is 2. The minimum Gasteiger partial charge on any atom is -0.481 e. The Kier molecular flexibility index (Phi) is 20.1. The van der Waals surface area contributed by atoms with Gasteiger partial charge in [0, 0.05) is 17.4 Å². The van der Waals surface area contributed by atoms with E-state index in [1.807, 2.05) is 12.2 Å². The first kappa shape index (κ1) is 29.9. The Hall–Kier alpha value is -1.05. The first-order chi connectivity index (χ1) is 14.9. The SMILES string of the molecule is CCCCCCCCCCCCCC/C=C\C(SCC(N)C(=O)O)C(O)CCC(=O)O. The number of aliphatic hydroxyl groups excluding tert-OH is 1. The number of unbranched alkanes of at least 4 members (excludes halogenated alkanes) is 12. The fraction of sp³-hybridized carbons (Fsp3) is 0.833. The molecule has 0 aromatic rings. The standard InChI is InChI=1S/C24H45NO5S/c1-2-3-4-5-6-7-8-9-10-11-12-13-14-15-16-22(21(26)17-18-23(27)28)31-19-20(25)24(29)30/h15-16,20-22,26H,2-14,17-19,25H2,1H3,(H,27,28)(H,29,30)/b16-15-. The molecule has 0 saturated carbocycles. The molecule has 0 saturated heterocycles. The van der Waals surface area contributed by atoms with Crippen molar-refractivity contribution in [3.8, 4) is 0 Å². The van der Waals surface area contributed by atoms with Gasteiger partial charge in [-0.1, -0.05) is 89.7 Å². The van der Waals surface area contributed by atoms with Crippen LogP contribution in [0.2, 0.25) is 0 Å². The number of rotatable bonds is 22. The van der Waals surface area contributed by atoms with Crippen LogP contribution in [0.4, 0.5) is 0 Å². The lowest BCUT2D eigenvalue weighted by Crippen LogP contribution is -2.34. The van der Waals surface area contributed by atoms with E-state index in [9.17, 15) is 14.7 Å². The molecule has 182 valence electrons. The predicted octanol–water partition coefficient (Wildman–Crippen LogP) is 5.37. The van der Waals surface area contributed by atoms with E-state index in [1.54, 1.807) is 0 Å². The summed E-state index contributed by atoms with van der Waals surface area (Å²) < 4.78 is 0. The Morgan fingerprint density at radius 2 is 1.42 bits per heavy atom. The van der Waals surface area contributed by atoms with Gasteiger partial charge >= 0.3 is 11.9 Å². The van der Waals surface area contributed by atoms with E-state index in [0.29, 0.717) is 0 Å². The zero-order valence-corrected chi connectivity index (χ0v) is 20.2. The Morgan fingerprint density at radius 1 is 0.903 bits per heavy atom. The highest BCUT2D eigenvalue weighted by molar-refractivity contribution is 8.00. The van der Waals surface area contributed by atoms with Crippen molar-refractivity contribution in [2.45, 2.75) is 121 Å². The average molecular weight is 460 g/mol. The highest BCUT2D eigenvalue weighted by atomic mass is 32.2. The van der Waals surface area contributed by atoms with Gasteiger partial charge in [-0.25, -0.2) is 0 Å². The minimum atomic E-state index is -1.08. The van der Waals surface area contributed by atoms with E-state index in [0.717, 1.165) is 12.8 Å². The Labute approximate surface area is 193 Å². The topological polar surface area (TPSA) is 121 Å².